The first-order valence-corrected chi connectivity index (χ1v) is 9.71. The molecule has 6 nitrogen and oxygen atoms in total. The number of carbonyl (C=O) groups is 1. The Hall–Kier alpha value is -2.52. The van der Waals surface area contributed by atoms with Crippen LogP contribution in [0.15, 0.2) is 47.4 Å². The molecule has 0 bridgehead atoms. The van der Waals surface area contributed by atoms with E-state index < -0.39 is 21.5 Å². The van der Waals surface area contributed by atoms with E-state index in [-0.39, 0.29) is 10.7 Å². The Morgan fingerprint density at radius 2 is 1.92 bits per heavy atom. The number of nitrogens with zero attached hydrogens (tertiary/aromatic N) is 1. The maximum Gasteiger partial charge on any atom is 0.253 e. The number of rotatable bonds is 5. The van der Waals surface area contributed by atoms with E-state index in [2.05, 4.69) is 15.8 Å². The predicted octanol–water partition coefficient (Wildman–Crippen LogP) is 2.66. The lowest BCUT2D eigenvalue weighted by atomic mass is 10.2. The molecule has 3 aromatic rings. The number of sulfone groups is 1. The number of nitrogens with one attached hydrogen (secondary N) is 2. The number of aryl methyl sites for hydroxylation is 1. The van der Waals surface area contributed by atoms with E-state index in [9.17, 15) is 17.6 Å². The van der Waals surface area contributed by atoms with Crippen molar-refractivity contribution in [1.82, 2.24) is 10.4 Å². The third kappa shape index (κ3) is 4.12. The number of aromatic nitrogens is 1. The smallest absolute Gasteiger partial charge is 0.253 e. The van der Waals surface area contributed by atoms with E-state index in [0.717, 1.165) is 16.9 Å². The molecular weight excluding hydrogens is 365 g/mol. The Morgan fingerprint density at radius 3 is 2.64 bits per heavy atom. The number of hydrazine groups is 1. The fourth-order valence-corrected chi connectivity index (χ4v) is 4.09. The van der Waals surface area contributed by atoms with Crippen LogP contribution in [0.4, 0.5) is 9.52 Å². The van der Waals surface area contributed by atoms with Crippen molar-refractivity contribution < 1.29 is 17.6 Å². The van der Waals surface area contributed by atoms with Crippen molar-refractivity contribution in [3.63, 3.8) is 0 Å². The molecule has 1 amide bonds. The molecule has 9 heteroatoms. The lowest BCUT2D eigenvalue weighted by molar-refractivity contribution is -0.118. The summed E-state index contributed by atoms with van der Waals surface area (Å²) in [7, 11) is -3.73. The minimum absolute atomic E-state index is 0.0868. The van der Waals surface area contributed by atoms with Gasteiger partial charge in [0.25, 0.3) is 5.91 Å². The van der Waals surface area contributed by atoms with Crippen LogP contribution < -0.4 is 10.9 Å². The Labute approximate surface area is 147 Å². The zero-order chi connectivity index (χ0) is 18.0. The van der Waals surface area contributed by atoms with Crippen molar-refractivity contribution >= 4 is 42.4 Å². The van der Waals surface area contributed by atoms with Crippen molar-refractivity contribution in [2.45, 2.75) is 11.8 Å². The predicted molar refractivity (Wildman–Crippen MR) is 94.6 cm³/mol. The molecule has 1 heterocycles. The van der Waals surface area contributed by atoms with Gasteiger partial charge in [-0.1, -0.05) is 29.0 Å². The molecule has 3 rings (SSSR count). The van der Waals surface area contributed by atoms with Crippen LogP contribution in [0.5, 0.6) is 0 Å². The molecule has 0 spiro atoms. The Kier molecular flexibility index (Phi) is 4.69. The van der Waals surface area contributed by atoms with Gasteiger partial charge in [-0.3, -0.25) is 15.6 Å². The second-order valence-electron chi connectivity index (χ2n) is 5.38. The van der Waals surface area contributed by atoms with Crippen molar-refractivity contribution in [2.24, 2.45) is 0 Å². The first kappa shape index (κ1) is 17.3. The largest absolute Gasteiger partial charge is 0.273 e. The van der Waals surface area contributed by atoms with Crippen LogP contribution in [0.2, 0.25) is 0 Å². The van der Waals surface area contributed by atoms with Gasteiger partial charge in [0, 0.05) is 0 Å². The van der Waals surface area contributed by atoms with Gasteiger partial charge < -0.3 is 0 Å². The SMILES string of the molecule is Cc1ccc(S(=O)(=O)CC(=O)NNc2nc3ccc(F)cc3s2)cc1. The molecular formula is C16H14FN3O3S2. The Bertz CT molecular complexity index is 1030. The third-order valence-electron chi connectivity index (χ3n) is 3.36. The second kappa shape index (κ2) is 6.77. The summed E-state index contributed by atoms with van der Waals surface area (Å²) < 4.78 is 38.2. The molecule has 2 aromatic carbocycles. The highest BCUT2D eigenvalue weighted by Crippen LogP contribution is 2.25. The number of thiazole rings is 1. The summed E-state index contributed by atoms with van der Waals surface area (Å²) in [5.41, 5.74) is 6.36. The van der Waals surface area contributed by atoms with Crippen LogP contribution in [-0.4, -0.2) is 25.1 Å². The normalized spacial score (nSPS) is 11.4. The molecule has 0 aliphatic heterocycles. The minimum Gasteiger partial charge on any atom is -0.273 e. The number of fused-ring (bicyclic) bond motifs is 1. The quantitative estimate of drug-likeness (QED) is 0.666. The fraction of sp³-hybridized carbons (Fsp3) is 0.125. The zero-order valence-corrected chi connectivity index (χ0v) is 14.7. The van der Waals surface area contributed by atoms with Crippen LogP contribution in [0, 0.1) is 12.7 Å². The van der Waals surface area contributed by atoms with E-state index >= 15 is 0 Å². The van der Waals surface area contributed by atoms with Gasteiger partial charge >= 0.3 is 0 Å². The molecule has 0 saturated carbocycles. The second-order valence-corrected chi connectivity index (χ2v) is 8.40. The molecule has 2 N–H and O–H groups in total. The average Bonchev–Trinajstić information content (AvgIpc) is 2.95. The van der Waals surface area contributed by atoms with Crippen molar-refractivity contribution in [2.75, 3.05) is 11.2 Å². The Balaban J connectivity index is 1.64. The lowest BCUT2D eigenvalue weighted by Crippen LogP contribution is -2.34. The van der Waals surface area contributed by atoms with E-state index in [4.69, 9.17) is 0 Å². The Morgan fingerprint density at radius 1 is 1.20 bits per heavy atom. The highest BCUT2D eigenvalue weighted by atomic mass is 32.2. The molecule has 130 valence electrons. The monoisotopic (exact) mass is 379 g/mol. The van der Waals surface area contributed by atoms with Gasteiger partial charge in [0.1, 0.15) is 11.6 Å². The van der Waals surface area contributed by atoms with Gasteiger partial charge in [-0.15, -0.1) is 0 Å². The summed E-state index contributed by atoms with van der Waals surface area (Å²) in [6, 6.07) is 10.4. The summed E-state index contributed by atoms with van der Waals surface area (Å²) in [5, 5.41) is 0.335. The molecule has 0 aliphatic rings. The number of carbonyl (C=O) groups excluding carboxylic acids is 1. The van der Waals surface area contributed by atoms with E-state index in [1.165, 1.54) is 30.3 Å². The number of anilines is 1. The molecule has 0 fully saturated rings. The van der Waals surface area contributed by atoms with Crippen molar-refractivity contribution in [3.05, 3.63) is 53.8 Å². The van der Waals surface area contributed by atoms with Crippen LogP contribution in [0.25, 0.3) is 10.2 Å². The maximum atomic E-state index is 13.2. The van der Waals surface area contributed by atoms with Crippen LogP contribution in [0.1, 0.15) is 5.56 Å². The number of amides is 1. The van der Waals surface area contributed by atoms with E-state index in [1.54, 1.807) is 12.1 Å². The van der Waals surface area contributed by atoms with Gasteiger partial charge in [-0.05, 0) is 37.3 Å². The molecule has 0 atom stereocenters. The maximum absolute atomic E-state index is 13.2. The number of hydrogen-bond acceptors (Lipinski definition) is 6. The molecule has 0 aliphatic carbocycles. The highest BCUT2D eigenvalue weighted by molar-refractivity contribution is 7.92. The molecule has 0 radical (unpaired) electrons. The molecule has 0 saturated heterocycles. The summed E-state index contributed by atoms with van der Waals surface area (Å²) in [4.78, 5) is 16.2. The molecule has 25 heavy (non-hydrogen) atoms. The first-order valence-electron chi connectivity index (χ1n) is 7.24. The average molecular weight is 379 g/mol. The van der Waals surface area contributed by atoms with Crippen molar-refractivity contribution in [1.29, 1.82) is 0 Å². The summed E-state index contributed by atoms with van der Waals surface area (Å²) in [5.74, 6) is -1.79. The topological polar surface area (TPSA) is 88.2 Å². The van der Waals surface area contributed by atoms with E-state index in [0.29, 0.717) is 15.3 Å². The van der Waals surface area contributed by atoms with Gasteiger partial charge in [-0.25, -0.2) is 17.8 Å². The third-order valence-corrected chi connectivity index (χ3v) is 5.93. The van der Waals surface area contributed by atoms with Crippen LogP contribution in [0.3, 0.4) is 0 Å². The number of hydrogen-bond donors (Lipinski definition) is 2. The van der Waals surface area contributed by atoms with Gasteiger partial charge in [0.15, 0.2) is 9.84 Å². The minimum atomic E-state index is -3.73. The van der Waals surface area contributed by atoms with Gasteiger partial charge in [0.2, 0.25) is 5.13 Å². The van der Waals surface area contributed by atoms with E-state index in [1.807, 2.05) is 6.92 Å². The summed E-state index contributed by atoms with van der Waals surface area (Å²) in [6.07, 6.45) is 0. The standard InChI is InChI=1S/C16H14FN3O3S2/c1-10-2-5-12(6-3-10)25(22,23)9-15(21)19-20-16-18-13-7-4-11(17)8-14(13)24-16/h2-8H,9H2,1H3,(H,18,20)(H,19,21). The highest BCUT2D eigenvalue weighted by Gasteiger charge is 2.19. The number of benzene rings is 2. The summed E-state index contributed by atoms with van der Waals surface area (Å²) >= 11 is 1.14. The summed E-state index contributed by atoms with van der Waals surface area (Å²) in [6.45, 7) is 1.84. The fourth-order valence-electron chi connectivity index (χ4n) is 2.11. The van der Waals surface area contributed by atoms with Crippen LogP contribution in [-0.2, 0) is 14.6 Å². The molecule has 0 unspecified atom stereocenters. The number of halogens is 1. The first-order chi connectivity index (χ1) is 11.8. The zero-order valence-electron chi connectivity index (χ0n) is 13.1. The van der Waals surface area contributed by atoms with Crippen molar-refractivity contribution in [3.8, 4) is 0 Å². The lowest BCUT2D eigenvalue weighted by Gasteiger charge is -2.07. The van der Waals surface area contributed by atoms with Gasteiger partial charge in [-0.2, -0.15) is 0 Å². The van der Waals surface area contributed by atoms with Gasteiger partial charge in [0.05, 0.1) is 15.1 Å². The van der Waals surface area contributed by atoms with Crippen LogP contribution >= 0.6 is 11.3 Å². The molecule has 1 aromatic heterocycles.